The SMILES string of the molecule is COc1ccc(Br)cc1S(=O)(=O)Nc1sc2c(c1C(N)=O)CCC(C)C2. The van der Waals surface area contributed by atoms with Gasteiger partial charge in [0.25, 0.3) is 15.9 Å². The molecule has 3 N–H and O–H groups in total. The topological polar surface area (TPSA) is 98.5 Å². The number of amides is 1. The predicted molar refractivity (Wildman–Crippen MR) is 106 cm³/mol. The summed E-state index contributed by atoms with van der Waals surface area (Å²) in [5.74, 6) is 0.101. The van der Waals surface area contributed by atoms with Crippen LogP contribution in [0.2, 0.25) is 0 Å². The van der Waals surface area contributed by atoms with Crippen molar-refractivity contribution < 1.29 is 17.9 Å². The second-order valence-electron chi connectivity index (χ2n) is 6.32. The lowest BCUT2D eigenvalue weighted by Gasteiger charge is -2.18. The first-order valence-corrected chi connectivity index (χ1v) is 11.1. The third kappa shape index (κ3) is 3.60. The van der Waals surface area contributed by atoms with Crippen LogP contribution < -0.4 is 15.2 Å². The van der Waals surface area contributed by atoms with Crippen LogP contribution in [0.3, 0.4) is 0 Å². The van der Waals surface area contributed by atoms with Gasteiger partial charge in [0.1, 0.15) is 15.6 Å². The van der Waals surface area contributed by atoms with Crippen LogP contribution in [0.1, 0.15) is 34.1 Å². The van der Waals surface area contributed by atoms with Gasteiger partial charge in [-0.2, -0.15) is 0 Å². The first-order valence-electron chi connectivity index (χ1n) is 8.03. The van der Waals surface area contributed by atoms with E-state index in [1.165, 1.54) is 24.5 Å². The zero-order valence-electron chi connectivity index (χ0n) is 14.3. The zero-order chi connectivity index (χ0) is 19.1. The average Bonchev–Trinajstić information content (AvgIpc) is 2.90. The maximum Gasteiger partial charge on any atom is 0.266 e. The first kappa shape index (κ1) is 19.2. The number of carbonyl (C=O) groups is 1. The van der Waals surface area contributed by atoms with E-state index in [2.05, 4.69) is 27.6 Å². The molecule has 26 heavy (non-hydrogen) atoms. The lowest BCUT2D eigenvalue weighted by molar-refractivity contribution is 0.100. The molecule has 140 valence electrons. The number of fused-ring (bicyclic) bond motifs is 1. The number of rotatable bonds is 5. The van der Waals surface area contributed by atoms with Gasteiger partial charge in [0.2, 0.25) is 0 Å². The van der Waals surface area contributed by atoms with Gasteiger partial charge in [-0.05, 0) is 48.9 Å². The number of carbonyl (C=O) groups excluding carboxylic acids is 1. The molecule has 3 rings (SSSR count). The minimum absolute atomic E-state index is 0.00969. The quantitative estimate of drug-likeness (QED) is 0.715. The molecule has 0 aliphatic heterocycles. The summed E-state index contributed by atoms with van der Waals surface area (Å²) in [7, 11) is -2.54. The largest absolute Gasteiger partial charge is 0.495 e. The number of methoxy groups -OCH3 is 1. The van der Waals surface area contributed by atoms with Crippen molar-refractivity contribution in [2.45, 2.75) is 31.1 Å². The number of ether oxygens (including phenoxy) is 1. The van der Waals surface area contributed by atoms with Gasteiger partial charge in [0, 0.05) is 9.35 Å². The lowest BCUT2D eigenvalue weighted by Crippen LogP contribution is -2.20. The molecule has 1 unspecified atom stereocenters. The summed E-state index contributed by atoms with van der Waals surface area (Å²) >= 11 is 4.56. The molecule has 1 aliphatic rings. The highest BCUT2D eigenvalue weighted by Crippen LogP contribution is 2.41. The Balaban J connectivity index is 2.06. The van der Waals surface area contributed by atoms with E-state index in [0.717, 1.165) is 29.7 Å². The molecule has 1 heterocycles. The molecule has 0 saturated carbocycles. The molecule has 0 spiro atoms. The van der Waals surface area contributed by atoms with Crippen molar-refractivity contribution >= 4 is 48.2 Å². The molecule has 9 heteroatoms. The molecule has 0 fully saturated rings. The maximum atomic E-state index is 12.9. The molecule has 1 amide bonds. The van der Waals surface area contributed by atoms with Gasteiger partial charge in [0.15, 0.2) is 0 Å². The van der Waals surface area contributed by atoms with Gasteiger partial charge < -0.3 is 10.5 Å². The predicted octanol–water partition coefficient (Wildman–Crippen LogP) is 3.54. The van der Waals surface area contributed by atoms with E-state index in [9.17, 15) is 13.2 Å². The Kier molecular flexibility index (Phi) is 5.32. The summed E-state index contributed by atoms with van der Waals surface area (Å²) in [4.78, 5) is 13.0. The molecule has 1 aromatic carbocycles. The molecule has 1 aromatic heterocycles. The van der Waals surface area contributed by atoms with Crippen molar-refractivity contribution in [2.24, 2.45) is 11.7 Å². The van der Waals surface area contributed by atoms with E-state index in [4.69, 9.17) is 10.5 Å². The minimum Gasteiger partial charge on any atom is -0.495 e. The summed E-state index contributed by atoms with van der Waals surface area (Å²) < 4.78 is 34.2. The van der Waals surface area contributed by atoms with E-state index >= 15 is 0 Å². The van der Waals surface area contributed by atoms with Gasteiger partial charge in [-0.25, -0.2) is 8.42 Å². The van der Waals surface area contributed by atoms with Gasteiger partial charge in [-0.3, -0.25) is 9.52 Å². The number of halogens is 1. The van der Waals surface area contributed by atoms with Crippen molar-refractivity contribution in [1.82, 2.24) is 0 Å². The third-order valence-corrected chi connectivity index (χ3v) is 7.56. The summed E-state index contributed by atoms with van der Waals surface area (Å²) in [5, 5.41) is 0.277. The molecule has 6 nitrogen and oxygen atoms in total. The fourth-order valence-electron chi connectivity index (χ4n) is 3.12. The number of nitrogens with one attached hydrogen (secondary N) is 1. The fraction of sp³-hybridized carbons (Fsp3) is 0.353. The van der Waals surface area contributed by atoms with E-state index < -0.39 is 15.9 Å². The third-order valence-electron chi connectivity index (χ3n) is 4.40. The number of sulfonamides is 1. The van der Waals surface area contributed by atoms with Crippen molar-refractivity contribution in [3.63, 3.8) is 0 Å². The van der Waals surface area contributed by atoms with E-state index in [-0.39, 0.29) is 21.2 Å². The maximum absolute atomic E-state index is 12.9. The Morgan fingerprint density at radius 1 is 1.42 bits per heavy atom. The van der Waals surface area contributed by atoms with Crippen molar-refractivity contribution in [2.75, 3.05) is 11.8 Å². The summed E-state index contributed by atoms with van der Waals surface area (Å²) in [6.07, 6.45) is 2.51. The molecule has 1 aliphatic carbocycles. The molecule has 2 aromatic rings. The molecular formula is C17H19BrN2O4S2. The number of benzene rings is 1. The van der Waals surface area contributed by atoms with Crippen LogP contribution in [0, 0.1) is 5.92 Å². The summed E-state index contributed by atoms with van der Waals surface area (Å²) in [6.45, 7) is 2.14. The second kappa shape index (κ2) is 7.21. The Morgan fingerprint density at radius 3 is 2.81 bits per heavy atom. The van der Waals surface area contributed by atoms with Crippen molar-refractivity contribution in [1.29, 1.82) is 0 Å². The second-order valence-corrected chi connectivity index (χ2v) is 9.99. The van der Waals surface area contributed by atoms with Gasteiger partial charge in [-0.15, -0.1) is 11.3 Å². The van der Waals surface area contributed by atoms with Crippen LogP contribution in [-0.2, 0) is 22.9 Å². The highest BCUT2D eigenvalue weighted by atomic mass is 79.9. The average molecular weight is 459 g/mol. The molecule has 0 saturated heterocycles. The highest BCUT2D eigenvalue weighted by molar-refractivity contribution is 9.10. The normalized spacial score (nSPS) is 16.8. The van der Waals surface area contributed by atoms with Crippen LogP contribution in [0.4, 0.5) is 5.00 Å². The Labute approximate surface area is 164 Å². The van der Waals surface area contributed by atoms with Crippen LogP contribution in [0.25, 0.3) is 0 Å². The van der Waals surface area contributed by atoms with Gasteiger partial charge in [-0.1, -0.05) is 22.9 Å². The highest BCUT2D eigenvalue weighted by Gasteiger charge is 2.29. The van der Waals surface area contributed by atoms with Gasteiger partial charge in [0.05, 0.1) is 12.7 Å². The number of primary amides is 1. The number of hydrogen-bond acceptors (Lipinski definition) is 5. The fourth-order valence-corrected chi connectivity index (χ4v) is 6.55. The van der Waals surface area contributed by atoms with E-state index in [0.29, 0.717) is 10.4 Å². The first-order chi connectivity index (χ1) is 12.2. The summed E-state index contributed by atoms with van der Waals surface area (Å²) in [5.41, 5.74) is 6.72. The van der Waals surface area contributed by atoms with Crippen LogP contribution in [-0.4, -0.2) is 21.4 Å². The summed E-state index contributed by atoms with van der Waals surface area (Å²) in [6, 6.07) is 4.72. The number of nitrogens with two attached hydrogens (primary N) is 1. The van der Waals surface area contributed by atoms with Crippen molar-refractivity contribution in [3.8, 4) is 5.75 Å². The van der Waals surface area contributed by atoms with Crippen LogP contribution in [0.15, 0.2) is 27.6 Å². The van der Waals surface area contributed by atoms with Crippen molar-refractivity contribution in [3.05, 3.63) is 38.7 Å². The zero-order valence-corrected chi connectivity index (χ0v) is 17.6. The molecule has 0 radical (unpaired) electrons. The van der Waals surface area contributed by atoms with E-state index in [1.807, 2.05) is 0 Å². The standard InChI is InChI=1S/C17H19BrN2O4S2/c1-9-3-5-11-13(7-9)25-17(15(11)16(19)21)20-26(22,23)14-8-10(18)4-6-12(14)24-2/h4,6,8-9,20H,3,5,7H2,1-2H3,(H2,19,21). The Morgan fingerprint density at radius 2 is 2.15 bits per heavy atom. The monoisotopic (exact) mass is 458 g/mol. The van der Waals surface area contributed by atoms with Crippen LogP contribution >= 0.6 is 27.3 Å². The molecule has 0 bridgehead atoms. The molecule has 1 atom stereocenters. The number of thiophene rings is 1. The van der Waals surface area contributed by atoms with E-state index in [1.54, 1.807) is 12.1 Å². The van der Waals surface area contributed by atoms with Gasteiger partial charge >= 0.3 is 0 Å². The number of hydrogen-bond donors (Lipinski definition) is 2. The smallest absolute Gasteiger partial charge is 0.266 e. The van der Waals surface area contributed by atoms with Crippen LogP contribution in [0.5, 0.6) is 5.75 Å². The lowest BCUT2D eigenvalue weighted by atomic mass is 9.88. The minimum atomic E-state index is -3.95. The Bertz CT molecular complexity index is 969. The Hall–Kier alpha value is -1.58. The molecular weight excluding hydrogens is 440 g/mol. The number of anilines is 1.